The van der Waals surface area contributed by atoms with E-state index >= 15 is 0 Å². The van der Waals surface area contributed by atoms with Crippen molar-refractivity contribution in [3.05, 3.63) is 28.8 Å². The molecule has 0 fully saturated rings. The second kappa shape index (κ2) is 4.88. The molecule has 1 aromatic rings. The van der Waals surface area contributed by atoms with E-state index in [2.05, 4.69) is 46.9 Å². The number of anilines is 1. The Morgan fingerprint density at radius 2 is 1.55 bits per heavy atom. The molecule has 2 rings (SSSR count). The smallest absolute Gasteiger partial charge is 0.152 e. The fraction of sp³-hybridized carbons (Fsp3) is 0.500. The molecule has 1 aliphatic heterocycles. The number of aliphatic imine (C=N–C) groups is 2. The van der Waals surface area contributed by atoms with Gasteiger partial charge in [-0.1, -0.05) is 11.6 Å². The molecule has 0 atom stereocenters. The Kier molecular flexibility index (Phi) is 3.67. The maximum Gasteiger partial charge on any atom is 0.152 e. The molecule has 0 saturated carbocycles. The van der Waals surface area contributed by atoms with E-state index in [1.165, 1.54) is 0 Å². The van der Waals surface area contributed by atoms with Crippen molar-refractivity contribution in [2.75, 3.05) is 5.32 Å². The van der Waals surface area contributed by atoms with Crippen LogP contribution < -0.4 is 5.32 Å². The van der Waals surface area contributed by atoms with Crippen LogP contribution in [-0.2, 0) is 0 Å². The summed E-state index contributed by atoms with van der Waals surface area (Å²) in [5.74, 6) is 0.824. The predicted octanol–water partition coefficient (Wildman–Crippen LogP) is 4.55. The molecule has 108 valence electrons. The Hall–Kier alpha value is -1.35. The van der Waals surface area contributed by atoms with Crippen LogP contribution in [0.2, 0.25) is 5.02 Å². The van der Waals surface area contributed by atoms with Gasteiger partial charge in [0.2, 0.25) is 0 Å². The molecule has 0 aromatic heterocycles. The lowest BCUT2D eigenvalue weighted by Crippen LogP contribution is -2.25. The third-order valence-electron chi connectivity index (χ3n) is 2.61. The number of fused-ring (bicyclic) bond motifs is 1. The summed E-state index contributed by atoms with van der Waals surface area (Å²) in [5, 5.41) is 4.06. The first-order valence-corrected chi connectivity index (χ1v) is 7.20. The van der Waals surface area contributed by atoms with Crippen molar-refractivity contribution in [3.8, 4) is 0 Å². The Labute approximate surface area is 126 Å². The zero-order valence-corrected chi connectivity index (χ0v) is 13.8. The Balaban J connectivity index is 2.59. The number of nitrogens with zero attached hydrogens (tertiary/aromatic N) is 2. The van der Waals surface area contributed by atoms with Crippen LogP contribution in [0.3, 0.4) is 0 Å². The highest BCUT2D eigenvalue weighted by atomic mass is 35.5. The molecule has 0 radical (unpaired) electrons. The van der Waals surface area contributed by atoms with Gasteiger partial charge in [-0.15, -0.1) is 0 Å². The maximum atomic E-state index is 6.12. The molecule has 1 aliphatic rings. The van der Waals surface area contributed by atoms with Crippen LogP contribution in [0.25, 0.3) is 0 Å². The van der Waals surface area contributed by atoms with Gasteiger partial charge in [-0.05, 0) is 59.7 Å². The Morgan fingerprint density at radius 1 is 0.950 bits per heavy atom. The van der Waals surface area contributed by atoms with Gasteiger partial charge in [-0.2, -0.15) is 0 Å². The fourth-order valence-corrected chi connectivity index (χ4v) is 2.17. The normalized spacial score (nSPS) is 19.4. The quantitative estimate of drug-likeness (QED) is 0.748. The van der Waals surface area contributed by atoms with Crippen LogP contribution in [0.15, 0.2) is 28.2 Å². The highest BCUT2D eigenvalue weighted by molar-refractivity contribution is 6.56. The van der Waals surface area contributed by atoms with Crippen LogP contribution in [0.1, 0.15) is 47.1 Å². The maximum absolute atomic E-state index is 6.12. The van der Waals surface area contributed by atoms with Crippen LogP contribution in [-0.4, -0.2) is 22.6 Å². The summed E-state index contributed by atoms with van der Waals surface area (Å²) in [5.41, 5.74) is 2.60. The minimum Gasteiger partial charge on any atom is -0.338 e. The first-order valence-electron chi connectivity index (χ1n) is 6.82. The van der Waals surface area contributed by atoms with Crippen LogP contribution in [0.4, 0.5) is 5.69 Å². The first-order chi connectivity index (χ1) is 9.05. The summed E-state index contributed by atoms with van der Waals surface area (Å²) in [6, 6.07) is 5.79. The molecule has 1 heterocycles. The van der Waals surface area contributed by atoms with Crippen LogP contribution in [0, 0.1) is 0 Å². The molecular formula is C16H22ClN3. The standard InChI is InChI=1S/C16H22ClN3/c1-15(2,3)19-13-11-9-10(17)7-8-12(11)18-14(13)20-16(4,5)6/h7-9H,1-6H3,(H,18,19,20). The largest absolute Gasteiger partial charge is 0.338 e. The Bertz CT molecular complexity index is 587. The first kappa shape index (κ1) is 15.0. The van der Waals surface area contributed by atoms with E-state index in [-0.39, 0.29) is 11.1 Å². The second-order valence-corrected chi connectivity index (χ2v) is 7.51. The van der Waals surface area contributed by atoms with E-state index in [4.69, 9.17) is 21.6 Å². The van der Waals surface area contributed by atoms with Crippen molar-refractivity contribution >= 4 is 28.8 Å². The average Bonchev–Trinajstić information content (AvgIpc) is 2.52. The molecule has 0 aliphatic carbocycles. The molecule has 0 spiro atoms. The molecular weight excluding hydrogens is 270 g/mol. The highest BCUT2D eigenvalue weighted by Crippen LogP contribution is 2.29. The summed E-state index contributed by atoms with van der Waals surface area (Å²) in [6.45, 7) is 12.5. The van der Waals surface area contributed by atoms with Gasteiger partial charge in [0.15, 0.2) is 5.84 Å². The molecule has 1 aromatic carbocycles. The minimum absolute atomic E-state index is 0.160. The highest BCUT2D eigenvalue weighted by Gasteiger charge is 2.27. The lowest BCUT2D eigenvalue weighted by molar-refractivity contribution is 0.580. The third-order valence-corrected chi connectivity index (χ3v) is 2.84. The lowest BCUT2D eigenvalue weighted by Gasteiger charge is -2.17. The zero-order chi connectivity index (χ0) is 15.1. The van der Waals surface area contributed by atoms with Crippen molar-refractivity contribution in [3.63, 3.8) is 0 Å². The number of benzene rings is 1. The minimum atomic E-state index is -0.167. The molecule has 0 saturated heterocycles. The predicted molar refractivity (Wildman–Crippen MR) is 88.6 cm³/mol. The monoisotopic (exact) mass is 291 g/mol. The number of hydrogen-bond donors (Lipinski definition) is 1. The molecule has 0 unspecified atom stereocenters. The summed E-state index contributed by atoms with van der Waals surface area (Å²) >= 11 is 6.12. The van der Waals surface area contributed by atoms with Crippen LogP contribution >= 0.6 is 11.6 Å². The van der Waals surface area contributed by atoms with Gasteiger partial charge in [0.25, 0.3) is 0 Å². The summed E-state index contributed by atoms with van der Waals surface area (Å²) < 4.78 is 0. The van der Waals surface area contributed by atoms with Gasteiger partial charge in [0.05, 0.1) is 11.1 Å². The van der Waals surface area contributed by atoms with E-state index in [1.54, 1.807) is 0 Å². The molecule has 0 amide bonds. The number of rotatable bonds is 0. The zero-order valence-electron chi connectivity index (χ0n) is 13.0. The van der Waals surface area contributed by atoms with Gasteiger partial charge in [0, 0.05) is 16.3 Å². The van der Waals surface area contributed by atoms with E-state index in [0.29, 0.717) is 5.02 Å². The molecule has 0 bridgehead atoms. The number of amidine groups is 1. The van der Waals surface area contributed by atoms with E-state index in [1.807, 2.05) is 18.2 Å². The Morgan fingerprint density at radius 3 is 2.10 bits per heavy atom. The molecule has 20 heavy (non-hydrogen) atoms. The third kappa shape index (κ3) is 3.60. The van der Waals surface area contributed by atoms with E-state index < -0.39 is 0 Å². The van der Waals surface area contributed by atoms with E-state index in [9.17, 15) is 0 Å². The van der Waals surface area contributed by atoms with Gasteiger partial charge in [-0.25, -0.2) is 0 Å². The van der Waals surface area contributed by atoms with Crippen molar-refractivity contribution in [2.24, 2.45) is 9.98 Å². The number of hydrogen-bond acceptors (Lipinski definition) is 2. The molecule has 3 nitrogen and oxygen atoms in total. The molecule has 4 heteroatoms. The summed E-state index contributed by atoms with van der Waals surface area (Å²) in [6.07, 6.45) is 0. The van der Waals surface area contributed by atoms with Gasteiger partial charge in [0.1, 0.15) is 5.71 Å². The number of nitrogens with one attached hydrogen (secondary N) is 1. The second-order valence-electron chi connectivity index (χ2n) is 7.08. The van der Waals surface area contributed by atoms with Crippen molar-refractivity contribution in [1.82, 2.24) is 0 Å². The summed E-state index contributed by atoms with van der Waals surface area (Å²) in [7, 11) is 0. The van der Waals surface area contributed by atoms with Gasteiger partial charge >= 0.3 is 0 Å². The molecule has 1 N–H and O–H groups in total. The van der Waals surface area contributed by atoms with Crippen LogP contribution in [0.5, 0.6) is 0 Å². The van der Waals surface area contributed by atoms with Crippen molar-refractivity contribution in [2.45, 2.75) is 52.6 Å². The van der Waals surface area contributed by atoms with Gasteiger partial charge in [-0.3, -0.25) is 9.98 Å². The SMILES string of the molecule is CC(C)(C)N=C1Nc2ccc(Cl)cc2C1=NC(C)(C)C. The van der Waals surface area contributed by atoms with Crippen molar-refractivity contribution < 1.29 is 0 Å². The number of halogens is 1. The van der Waals surface area contributed by atoms with Gasteiger partial charge < -0.3 is 5.32 Å². The average molecular weight is 292 g/mol. The lowest BCUT2D eigenvalue weighted by atomic mass is 10.1. The topological polar surface area (TPSA) is 36.8 Å². The fourth-order valence-electron chi connectivity index (χ4n) is 2.00. The summed E-state index contributed by atoms with van der Waals surface area (Å²) in [4.78, 5) is 9.57. The van der Waals surface area contributed by atoms with E-state index in [0.717, 1.165) is 22.8 Å². The van der Waals surface area contributed by atoms with Crippen molar-refractivity contribution in [1.29, 1.82) is 0 Å².